The standard InChI is InChI=1S/C16H21N3/c1-12-5-6-14(17-10-12)11-18-16-8-7-15(19(3)4)9-13(16)2/h5-10,18H,11H2,1-4H3. The Bertz CT molecular complexity index is 544. The quantitative estimate of drug-likeness (QED) is 0.907. The van der Waals surface area contributed by atoms with Crippen molar-refractivity contribution in [1.29, 1.82) is 0 Å². The molecule has 19 heavy (non-hydrogen) atoms. The Labute approximate surface area is 115 Å². The highest BCUT2D eigenvalue weighted by Gasteiger charge is 2.02. The number of aryl methyl sites for hydroxylation is 2. The van der Waals surface area contributed by atoms with Crippen LogP contribution in [0, 0.1) is 13.8 Å². The second-order valence-corrected chi connectivity index (χ2v) is 5.07. The number of nitrogens with one attached hydrogen (secondary N) is 1. The van der Waals surface area contributed by atoms with Crippen molar-refractivity contribution in [3.63, 3.8) is 0 Å². The van der Waals surface area contributed by atoms with Gasteiger partial charge in [0, 0.05) is 31.7 Å². The smallest absolute Gasteiger partial charge is 0.0594 e. The molecule has 100 valence electrons. The number of aromatic nitrogens is 1. The molecule has 1 aromatic heterocycles. The zero-order valence-corrected chi connectivity index (χ0v) is 12.1. The van der Waals surface area contributed by atoms with E-state index >= 15 is 0 Å². The highest BCUT2D eigenvalue weighted by molar-refractivity contribution is 5.59. The summed E-state index contributed by atoms with van der Waals surface area (Å²) in [6.07, 6.45) is 1.90. The van der Waals surface area contributed by atoms with Crippen LogP contribution in [0.15, 0.2) is 36.5 Å². The van der Waals surface area contributed by atoms with E-state index in [4.69, 9.17) is 0 Å². The molecule has 0 atom stereocenters. The first kappa shape index (κ1) is 13.4. The zero-order chi connectivity index (χ0) is 13.8. The molecule has 0 aliphatic carbocycles. The molecule has 1 N–H and O–H groups in total. The van der Waals surface area contributed by atoms with Gasteiger partial charge in [0.15, 0.2) is 0 Å². The van der Waals surface area contributed by atoms with E-state index in [0.29, 0.717) is 0 Å². The van der Waals surface area contributed by atoms with Crippen LogP contribution in [0.4, 0.5) is 11.4 Å². The van der Waals surface area contributed by atoms with Crippen molar-refractivity contribution >= 4 is 11.4 Å². The summed E-state index contributed by atoms with van der Waals surface area (Å²) < 4.78 is 0. The monoisotopic (exact) mass is 255 g/mol. The van der Waals surface area contributed by atoms with Crippen LogP contribution in [0.5, 0.6) is 0 Å². The van der Waals surface area contributed by atoms with Gasteiger partial charge >= 0.3 is 0 Å². The first-order chi connectivity index (χ1) is 9.06. The predicted octanol–water partition coefficient (Wildman–Crippen LogP) is 3.38. The maximum Gasteiger partial charge on any atom is 0.0594 e. The summed E-state index contributed by atoms with van der Waals surface area (Å²) in [5.41, 5.74) is 5.87. The second kappa shape index (κ2) is 5.74. The molecule has 0 saturated heterocycles. The van der Waals surface area contributed by atoms with E-state index in [9.17, 15) is 0 Å². The maximum absolute atomic E-state index is 4.40. The summed E-state index contributed by atoms with van der Waals surface area (Å²) >= 11 is 0. The molecule has 2 rings (SSSR count). The van der Waals surface area contributed by atoms with Gasteiger partial charge < -0.3 is 10.2 Å². The minimum atomic E-state index is 0.752. The molecule has 0 amide bonds. The average molecular weight is 255 g/mol. The summed E-state index contributed by atoms with van der Waals surface area (Å²) in [5, 5.41) is 3.43. The van der Waals surface area contributed by atoms with Gasteiger partial charge in [0.1, 0.15) is 0 Å². The molecule has 3 nitrogen and oxygen atoms in total. The molecule has 0 unspecified atom stereocenters. The number of rotatable bonds is 4. The minimum absolute atomic E-state index is 0.752. The summed E-state index contributed by atoms with van der Waals surface area (Å²) in [6.45, 7) is 4.93. The molecule has 2 aromatic rings. The molecule has 0 radical (unpaired) electrons. The number of hydrogen-bond donors (Lipinski definition) is 1. The first-order valence-corrected chi connectivity index (χ1v) is 6.49. The molecule has 1 heterocycles. The van der Waals surface area contributed by atoms with Crippen molar-refractivity contribution in [3.8, 4) is 0 Å². The lowest BCUT2D eigenvalue weighted by molar-refractivity contribution is 1.03. The van der Waals surface area contributed by atoms with Crippen LogP contribution < -0.4 is 10.2 Å². The van der Waals surface area contributed by atoms with Gasteiger partial charge in [-0.25, -0.2) is 0 Å². The van der Waals surface area contributed by atoms with E-state index in [2.05, 4.69) is 66.6 Å². The Morgan fingerprint density at radius 1 is 1.11 bits per heavy atom. The van der Waals surface area contributed by atoms with Crippen LogP contribution in [-0.4, -0.2) is 19.1 Å². The lowest BCUT2D eigenvalue weighted by atomic mass is 10.1. The normalized spacial score (nSPS) is 10.3. The molecule has 0 aliphatic rings. The van der Waals surface area contributed by atoms with Gasteiger partial charge in [-0.05, 0) is 49.2 Å². The largest absolute Gasteiger partial charge is 0.379 e. The summed E-state index contributed by atoms with van der Waals surface area (Å²) in [4.78, 5) is 6.51. The molecular formula is C16H21N3. The van der Waals surface area contributed by atoms with E-state index in [-0.39, 0.29) is 0 Å². The van der Waals surface area contributed by atoms with Crippen molar-refractivity contribution in [3.05, 3.63) is 53.3 Å². The first-order valence-electron chi connectivity index (χ1n) is 6.49. The van der Waals surface area contributed by atoms with Crippen molar-refractivity contribution < 1.29 is 0 Å². The lowest BCUT2D eigenvalue weighted by Crippen LogP contribution is -2.09. The highest BCUT2D eigenvalue weighted by atomic mass is 15.1. The van der Waals surface area contributed by atoms with E-state index in [0.717, 1.165) is 17.9 Å². The summed E-state index contributed by atoms with van der Waals surface area (Å²) in [7, 11) is 4.11. The Hall–Kier alpha value is -2.03. The van der Waals surface area contributed by atoms with E-state index in [1.165, 1.54) is 16.8 Å². The SMILES string of the molecule is Cc1ccc(CNc2ccc(N(C)C)cc2C)nc1. The summed E-state index contributed by atoms with van der Waals surface area (Å²) in [5.74, 6) is 0. The molecule has 0 spiro atoms. The van der Waals surface area contributed by atoms with Crippen molar-refractivity contribution in [2.45, 2.75) is 20.4 Å². The van der Waals surface area contributed by atoms with E-state index < -0.39 is 0 Å². The molecule has 0 fully saturated rings. The van der Waals surface area contributed by atoms with E-state index in [1.807, 2.05) is 13.1 Å². The fraction of sp³-hybridized carbons (Fsp3) is 0.312. The third kappa shape index (κ3) is 3.47. The molecule has 3 heteroatoms. The molecular weight excluding hydrogens is 234 g/mol. The van der Waals surface area contributed by atoms with Gasteiger partial charge in [-0.15, -0.1) is 0 Å². The Balaban J connectivity index is 2.05. The van der Waals surface area contributed by atoms with Gasteiger partial charge in [-0.2, -0.15) is 0 Å². The Morgan fingerprint density at radius 3 is 2.47 bits per heavy atom. The van der Waals surface area contributed by atoms with E-state index in [1.54, 1.807) is 0 Å². The van der Waals surface area contributed by atoms with Crippen molar-refractivity contribution in [2.75, 3.05) is 24.3 Å². The molecule has 1 aromatic carbocycles. The van der Waals surface area contributed by atoms with Crippen LogP contribution in [0.2, 0.25) is 0 Å². The topological polar surface area (TPSA) is 28.2 Å². The fourth-order valence-electron chi connectivity index (χ4n) is 1.91. The number of anilines is 2. The van der Waals surface area contributed by atoms with Gasteiger partial charge in [0.25, 0.3) is 0 Å². The maximum atomic E-state index is 4.40. The number of nitrogens with zero attached hydrogens (tertiary/aromatic N) is 2. The van der Waals surface area contributed by atoms with Crippen LogP contribution in [0.25, 0.3) is 0 Å². The second-order valence-electron chi connectivity index (χ2n) is 5.07. The van der Waals surface area contributed by atoms with Crippen LogP contribution in [0.3, 0.4) is 0 Å². The third-order valence-electron chi connectivity index (χ3n) is 3.16. The molecule has 0 saturated carbocycles. The molecule has 0 aliphatic heterocycles. The summed E-state index contributed by atoms with van der Waals surface area (Å²) in [6, 6.07) is 10.6. The van der Waals surface area contributed by atoms with Crippen molar-refractivity contribution in [1.82, 2.24) is 4.98 Å². The Kier molecular flexibility index (Phi) is 4.05. The fourth-order valence-corrected chi connectivity index (χ4v) is 1.91. The van der Waals surface area contributed by atoms with Gasteiger partial charge in [-0.3, -0.25) is 4.98 Å². The van der Waals surface area contributed by atoms with Gasteiger partial charge in [0.05, 0.1) is 12.2 Å². The number of hydrogen-bond acceptors (Lipinski definition) is 3. The highest BCUT2D eigenvalue weighted by Crippen LogP contribution is 2.21. The van der Waals surface area contributed by atoms with Crippen molar-refractivity contribution in [2.24, 2.45) is 0 Å². The molecule has 0 bridgehead atoms. The predicted molar refractivity (Wildman–Crippen MR) is 81.8 cm³/mol. The lowest BCUT2D eigenvalue weighted by Gasteiger charge is -2.16. The van der Waals surface area contributed by atoms with Gasteiger partial charge in [-0.1, -0.05) is 6.07 Å². The van der Waals surface area contributed by atoms with Gasteiger partial charge in [0.2, 0.25) is 0 Å². The zero-order valence-electron chi connectivity index (χ0n) is 12.1. The average Bonchev–Trinajstić information content (AvgIpc) is 2.39. The van der Waals surface area contributed by atoms with Crippen LogP contribution >= 0.6 is 0 Å². The number of pyridine rings is 1. The van der Waals surface area contributed by atoms with Crippen LogP contribution in [-0.2, 0) is 6.54 Å². The Morgan fingerprint density at radius 2 is 1.89 bits per heavy atom. The number of benzene rings is 1. The minimum Gasteiger partial charge on any atom is -0.379 e. The van der Waals surface area contributed by atoms with Crippen LogP contribution in [0.1, 0.15) is 16.8 Å². The third-order valence-corrected chi connectivity index (χ3v) is 3.16.